The van der Waals surface area contributed by atoms with Crippen molar-refractivity contribution in [3.8, 4) is 11.5 Å². The predicted octanol–water partition coefficient (Wildman–Crippen LogP) is 3.05. The van der Waals surface area contributed by atoms with E-state index in [1.807, 2.05) is 24.3 Å². The van der Waals surface area contributed by atoms with E-state index in [1.165, 1.54) is 19.5 Å². The van der Waals surface area contributed by atoms with Gasteiger partial charge in [0.2, 0.25) is 0 Å². The number of piperidine rings is 1. The Morgan fingerprint density at radius 3 is 2.58 bits per heavy atom. The molecule has 1 aromatic carbocycles. The van der Waals surface area contributed by atoms with Gasteiger partial charge in [-0.15, -0.1) is 0 Å². The first-order chi connectivity index (χ1) is 9.20. The molecule has 0 bridgehead atoms. The number of rotatable bonds is 5. The van der Waals surface area contributed by atoms with Gasteiger partial charge in [0.1, 0.15) is 6.61 Å². The van der Waals surface area contributed by atoms with Crippen molar-refractivity contribution >= 4 is 0 Å². The molecule has 1 aliphatic rings. The van der Waals surface area contributed by atoms with Gasteiger partial charge in [-0.1, -0.05) is 26.0 Å². The molecule has 0 radical (unpaired) electrons. The fourth-order valence-electron chi connectivity index (χ4n) is 2.58. The van der Waals surface area contributed by atoms with Gasteiger partial charge in [-0.3, -0.25) is 4.90 Å². The van der Waals surface area contributed by atoms with Crippen molar-refractivity contribution in [3.63, 3.8) is 0 Å². The molecule has 106 valence electrons. The molecule has 0 N–H and O–H groups in total. The highest BCUT2D eigenvalue weighted by Crippen LogP contribution is 2.26. The zero-order valence-electron chi connectivity index (χ0n) is 12.3. The van der Waals surface area contributed by atoms with Crippen molar-refractivity contribution in [1.29, 1.82) is 0 Å². The van der Waals surface area contributed by atoms with Crippen LogP contribution in [0.1, 0.15) is 20.3 Å². The van der Waals surface area contributed by atoms with Crippen LogP contribution in [0.4, 0.5) is 0 Å². The molecule has 1 fully saturated rings. The number of benzene rings is 1. The molecule has 1 aliphatic heterocycles. The number of para-hydroxylation sites is 2. The van der Waals surface area contributed by atoms with Crippen molar-refractivity contribution in [2.24, 2.45) is 11.8 Å². The molecule has 2 atom stereocenters. The number of ether oxygens (including phenoxy) is 2. The minimum absolute atomic E-state index is 0.724. The third-order valence-electron chi connectivity index (χ3n) is 4.15. The van der Waals surface area contributed by atoms with E-state index in [0.29, 0.717) is 0 Å². The van der Waals surface area contributed by atoms with Gasteiger partial charge in [-0.25, -0.2) is 0 Å². The standard InChI is InChI=1S/C16H25NO2/c1-13-8-9-17(12-14(13)2)10-11-19-16-7-5-4-6-15(16)18-3/h4-7,13-14H,8-12H2,1-3H3/t13-,14-/m1/s1. The fraction of sp³-hybridized carbons (Fsp3) is 0.625. The van der Waals surface area contributed by atoms with Gasteiger partial charge in [0, 0.05) is 13.1 Å². The van der Waals surface area contributed by atoms with Crippen molar-refractivity contribution in [3.05, 3.63) is 24.3 Å². The number of nitrogens with zero attached hydrogens (tertiary/aromatic N) is 1. The van der Waals surface area contributed by atoms with Crippen LogP contribution in [0.3, 0.4) is 0 Å². The lowest BCUT2D eigenvalue weighted by Gasteiger charge is -2.35. The van der Waals surface area contributed by atoms with Crippen LogP contribution in [0.25, 0.3) is 0 Å². The molecule has 0 amide bonds. The van der Waals surface area contributed by atoms with E-state index in [0.717, 1.165) is 36.5 Å². The second-order valence-electron chi connectivity index (χ2n) is 5.54. The summed E-state index contributed by atoms with van der Waals surface area (Å²) in [5, 5.41) is 0. The average Bonchev–Trinajstić information content (AvgIpc) is 2.43. The van der Waals surface area contributed by atoms with Gasteiger partial charge in [0.05, 0.1) is 7.11 Å². The van der Waals surface area contributed by atoms with Crippen LogP contribution in [0, 0.1) is 11.8 Å². The molecular formula is C16H25NO2. The molecule has 0 saturated carbocycles. The predicted molar refractivity (Wildman–Crippen MR) is 77.9 cm³/mol. The Balaban J connectivity index is 1.77. The van der Waals surface area contributed by atoms with E-state index in [4.69, 9.17) is 9.47 Å². The summed E-state index contributed by atoms with van der Waals surface area (Å²) in [5.41, 5.74) is 0. The molecule has 0 spiro atoms. The average molecular weight is 263 g/mol. The molecule has 19 heavy (non-hydrogen) atoms. The third kappa shape index (κ3) is 3.87. The molecule has 1 saturated heterocycles. The molecule has 0 unspecified atom stereocenters. The molecule has 1 aromatic rings. The molecule has 0 aliphatic carbocycles. The zero-order valence-corrected chi connectivity index (χ0v) is 12.3. The van der Waals surface area contributed by atoms with Crippen molar-refractivity contribution < 1.29 is 9.47 Å². The van der Waals surface area contributed by atoms with Gasteiger partial charge in [-0.05, 0) is 36.9 Å². The Kier molecular flexibility index (Phi) is 5.08. The van der Waals surface area contributed by atoms with E-state index in [-0.39, 0.29) is 0 Å². The van der Waals surface area contributed by atoms with Crippen LogP contribution >= 0.6 is 0 Å². The maximum absolute atomic E-state index is 5.83. The summed E-state index contributed by atoms with van der Waals surface area (Å²) in [5.74, 6) is 3.29. The normalized spacial score (nSPS) is 24.2. The van der Waals surface area contributed by atoms with Gasteiger partial charge < -0.3 is 9.47 Å². The highest BCUT2D eigenvalue weighted by atomic mass is 16.5. The van der Waals surface area contributed by atoms with E-state index in [1.54, 1.807) is 7.11 Å². The summed E-state index contributed by atoms with van der Waals surface area (Å²) in [6.45, 7) is 8.80. The fourth-order valence-corrected chi connectivity index (χ4v) is 2.58. The number of methoxy groups -OCH3 is 1. The van der Waals surface area contributed by atoms with Crippen molar-refractivity contribution in [2.45, 2.75) is 20.3 Å². The second-order valence-corrected chi connectivity index (χ2v) is 5.54. The van der Waals surface area contributed by atoms with Crippen LogP contribution in [0.15, 0.2) is 24.3 Å². The van der Waals surface area contributed by atoms with Crippen LogP contribution in [-0.4, -0.2) is 38.3 Å². The minimum Gasteiger partial charge on any atom is -0.493 e. The summed E-state index contributed by atoms with van der Waals surface area (Å²) in [6.07, 6.45) is 1.30. The molecule has 2 rings (SSSR count). The van der Waals surface area contributed by atoms with Crippen molar-refractivity contribution in [2.75, 3.05) is 33.4 Å². The summed E-state index contributed by atoms with van der Waals surface area (Å²) in [7, 11) is 1.68. The number of hydrogen-bond acceptors (Lipinski definition) is 3. The molecule has 1 heterocycles. The van der Waals surface area contributed by atoms with Crippen molar-refractivity contribution in [1.82, 2.24) is 4.90 Å². The van der Waals surface area contributed by atoms with Crippen LogP contribution in [0.2, 0.25) is 0 Å². The molecule has 3 heteroatoms. The lowest BCUT2D eigenvalue weighted by molar-refractivity contribution is 0.119. The van der Waals surface area contributed by atoms with Gasteiger partial charge >= 0.3 is 0 Å². The Morgan fingerprint density at radius 1 is 1.16 bits per heavy atom. The first-order valence-electron chi connectivity index (χ1n) is 7.19. The summed E-state index contributed by atoms with van der Waals surface area (Å²) in [6, 6.07) is 7.82. The highest BCUT2D eigenvalue weighted by molar-refractivity contribution is 5.39. The first-order valence-corrected chi connectivity index (χ1v) is 7.19. The molecule has 3 nitrogen and oxygen atoms in total. The monoisotopic (exact) mass is 263 g/mol. The first kappa shape index (κ1) is 14.2. The van der Waals surface area contributed by atoms with E-state index in [2.05, 4.69) is 18.7 Å². The maximum atomic E-state index is 5.83. The maximum Gasteiger partial charge on any atom is 0.161 e. The highest BCUT2D eigenvalue weighted by Gasteiger charge is 2.22. The lowest BCUT2D eigenvalue weighted by atomic mass is 9.89. The zero-order chi connectivity index (χ0) is 13.7. The van der Waals surface area contributed by atoms with Crippen LogP contribution in [-0.2, 0) is 0 Å². The summed E-state index contributed by atoms with van der Waals surface area (Å²) in [4.78, 5) is 2.50. The number of hydrogen-bond donors (Lipinski definition) is 0. The summed E-state index contributed by atoms with van der Waals surface area (Å²) < 4.78 is 11.1. The molecular weight excluding hydrogens is 238 g/mol. The largest absolute Gasteiger partial charge is 0.493 e. The Morgan fingerprint density at radius 2 is 1.89 bits per heavy atom. The third-order valence-corrected chi connectivity index (χ3v) is 4.15. The smallest absolute Gasteiger partial charge is 0.161 e. The summed E-state index contributed by atoms with van der Waals surface area (Å²) >= 11 is 0. The Bertz CT molecular complexity index is 394. The SMILES string of the molecule is COc1ccccc1OCCN1CC[C@@H](C)[C@H](C)C1. The lowest BCUT2D eigenvalue weighted by Crippen LogP contribution is -2.40. The van der Waals surface area contributed by atoms with Gasteiger partial charge in [-0.2, -0.15) is 0 Å². The van der Waals surface area contributed by atoms with E-state index >= 15 is 0 Å². The second kappa shape index (κ2) is 6.80. The van der Waals surface area contributed by atoms with Gasteiger partial charge in [0.15, 0.2) is 11.5 Å². The molecule has 0 aromatic heterocycles. The quantitative estimate of drug-likeness (QED) is 0.815. The van der Waals surface area contributed by atoms with Crippen LogP contribution < -0.4 is 9.47 Å². The van der Waals surface area contributed by atoms with Crippen LogP contribution in [0.5, 0.6) is 11.5 Å². The Labute approximate surface area is 116 Å². The number of likely N-dealkylation sites (tertiary alicyclic amines) is 1. The van der Waals surface area contributed by atoms with Gasteiger partial charge in [0.25, 0.3) is 0 Å². The van der Waals surface area contributed by atoms with E-state index in [9.17, 15) is 0 Å². The topological polar surface area (TPSA) is 21.7 Å². The van der Waals surface area contributed by atoms with E-state index < -0.39 is 0 Å². The minimum atomic E-state index is 0.724. The Hall–Kier alpha value is -1.22.